The average molecular weight is 613 g/mol. The Morgan fingerprint density at radius 2 is 1.76 bits per heavy atom. The molecular weight excluding hydrogens is 564 g/mol. The lowest BCUT2D eigenvalue weighted by Gasteiger charge is -2.37. The van der Waals surface area contributed by atoms with Crippen molar-refractivity contribution in [2.24, 2.45) is 0 Å². The van der Waals surface area contributed by atoms with Crippen molar-refractivity contribution >= 4 is 22.0 Å². The molecule has 1 saturated carbocycles. The van der Waals surface area contributed by atoms with Crippen LogP contribution in [-0.4, -0.2) is 106 Å². The molecule has 11 nitrogen and oxygen atoms in total. The van der Waals surface area contributed by atoms with Crippen LogP contribution in [0.5, 0.6) is 11.5 Å². The van der Waals surface area contributed by atoms with Crippen LogP contribution in [0, 0.1) is 0 Å². The molecule has 1 N–H and O–H groups in total. The zero-order chi connectivity index (χ0) is 30.5. The van der Waals surface area contributed by atoms with Crippen molar-refractivity contribution in [1.82, 2.24) is 9.80 Å². The molecule has 1 aliphatic heterocycles. The summed E-state index contributed by atoms with van der Waals surface area (Å²) in [6.07, 6.45) is 8.68. The van der Waals surface area contributed by atoms with Crippen LogP contribution in [0.1, 0.15) is 69.8 Å². The van der Waals surface area contributed by atoms with E-state index < -0.39 is 15.9 Å². The molecule has 42 heavy (non-hydrogen) atoms. The third kappa shape index (κ3) is 11.3. The molecule has 0 unspecified atom stereocenters. The quantitative estimate of drug-likeness (QED) is 0.158. The highest BCUT2D eigenvalue weighted by Gasteiger charge is 2.36. The second-order valence-corrected chi connectivity index (χ2v) is 12.8. The van der Waals surface area contributed by atoms with Crippen molar-refractivity contribution < 1.29 is 41.5 Å². The maximum absolute atomic E-state index is 12.5. The smallest absolute Gasteiger partial charge is 0.306 e. The molecule has 1 heterocycles. The fourth-order valence-electron chi connectivity index (χ4n) is 5.74. The Kier molecular flexibility index (Phi) is 13.8. The number of benzene rings is 1. The van der Waals surface area contributed by atoms with E-state index in [-0.39, 0.29) is 37.0 Å². The summed E-state index contributed by atoms with van der Waals surface area (Å²) in [7, 11) is 0.685. The standard InChI is InChI=1S/C30H48N2O9S/c1-31(18-20-42(35,36)37)29(33)11-5-4-6-12-30(34)41-24-15-17-32(22-24)25-9-7-8-10-26(25)40-19-16-23-13-14-27(38-2)28(21-23)39-3/h13-14,21,24-26H,4-12,15-20,22H2,1-3H3,(H,35,36,37)/t24-,25+,26-/m0/s1. The fourth-order valence-corrected chi connectivity index (χ4v) is 6.24. The van der Waals surface area contributed by atoms with E-state index in [9.17, 15) is 18.0 Å². The molecular formula is C30H48N2O9S. The third-order valence-corrected chi connectivity index (χ3v) is 8.86. The number of hydrogen-bond acceptors (Lipinski definition) is 9. The van der Waals surface area contributed by atoms with Crippen molar-refractivity contribution in [2.75, 3.05) is 53.3 Å². The molecule has 2 fully saturated rings. The first kappa shape index (κ1) is 34.1. The lowest BCUT2D eigenvalue weighted by molar-refractivity contribution is -0.148. The van der Waals surface area contributed by atoms with Gasteiger partial charge in [0.2, 0.25) is 5.91 Å². The van der Waals surface area contributed by atoms with Gasteiger partial charge < -0.3 is 23.8 Å². The number of methoxy groups -OCH3 is 2. The minimum Gasteiger partial charge on any atom is -0.493 e. The van der Waals surface area contributed by atoms with E-state index in [0.717, 1.165) is 56.5 Å². The van der Waals surface area contributed by atoms with Gasteiger partial charge in [-0.05, 0) is 56.2 Å². The van der Waals surface area contributed by atoms with Gasteiger partial charge in [-0.25, -0.2) is 0 Å². The van der Waals surface area contributed by atoms with Gasteiger partial charge in [0.1, 0.15) is 6.10 Å². The monoisotopic (exact) mass is 612 g/mol. The Balaban J connectivity index is 1.33. The zero-order valence-corrected chi connectivity index (χ0v) is 26.1. The van der Waals surface area contributed by atoms with Crippen LogP contribution < -0.4 is 9.47 Å². The van der Waals surface area contributed by atoms with Gasteiger partial charge in [-0.1, -0.05) is 25.3 Å². The normalized spacial score (nSPS) is 21.2. The lowest BCUT2D eigenvalue weighted by Crippen LogP contribution is -2.46. The van der Waals surface area contributed by atoms with Crippen molar-refractivity contribution in [3.05, 3.63) is 23.8 Å². The minimum absolute atomic E-state index is 0.0462. The Labute approximate surface area is 250 Å². The Morgan fingerprint density at radius 3 is 2.50 bits per heavy atom. The molecule has 1 aromatic rings. The van der Waals surface area contributed by atoms with Crippen molar-refractivity contribution in [1.29, 1.82) is 0 Å². The number of esters is 1. The summed E-state index contributed by atoms with van der Waals surface area (Å²) in [5.41, 5.74) is 1.14. The van der Waals surface area contributed by atoms with Crippen molar-refractivity contribution in [3.63, 3.8) is 0 Å². The molecule has 3 rings (SSSR count). The number of carbonyl (C=O) groups is 2. The molecule has 1 aromatic carbocycles. The van der Waals surface area contributed by atoms with Gasteiger partial charge in [-0.15, -0.1) is 0 Å². The van der Waals surface area contributed by atoms with Gasteiger partial charge in [0, 0.05) is 45.6 Å². The molecule has 0 radical (unpaired) electrons. The molecule has 12 heteroatoms. The largest absolute Gasteiger partial charge is 0.493 e. The summed E-state index contributed by atoms with van der Waals surface area (Å²) >= 11 is 0. The number of likely N-dealkylation sites (tertiary alicyclic amines) is 1. The molecule has 238 valence electrons. The molecule has 2 aliphatic rings. The summed E-state index contributed by atoms with van der Waals surface area (Å²) in [5, 5.41) is 0. The first-order valence-electron chi connectivity index (χ1n) is 15.0. The topological polar surface area (TPSA) is 132 Å². The second-order valence-electron chi connectivity index (χ2n) is 11.3. The van der Waals surface area contributed by atoms with Gasteiger partial charge >= 0.3 is 5.97 Å². The molecule has 1 aliphatic carbocycles. The van der Waals surface area contributed by atoms with E-state index in [1.165, 1.54) is 18.4 Å². The van der Waals surface area contributed by atoms with E-state index in [4.69, 9.17) is 23.5 Å². The van der Waals surface area contributed by atoms with E-state index in [1.54, 1.807) is 14.2 Å². The fraction of sp³-hybridized carbons (Fsp3) is 0.733. The summed E-state index contributed by atoms with van der Waals surface area (Å²) in [4.78, 5) is 28.3. The van der Waals surface area contributed by atoms with E-state index in [1.807, 2.05) is 18.2 Å². The molecule has 0 bridgehead atoms. The minimum atomic E-state index is -4.09. The molecule has 1 saturated heterocycles. The molecule has 0 aromatic heterocycles. The SMILES string of the molecule is COc1ccc(CCO[C@H]2CCCC[C@H]2N2CC[C@H](OC(=O)CCCCCC(=O)N(C)CCS(=O)(=O)O)C2)cc1OC. The molecule has 0 spiro atoms. The zero-order valence-electron chi connectivity index (χ0n) is 25.3. The first-order valence-corrected chi connectivity index (χ1v) is 16.7. The van der Waals surface area contributed by atoms with Crippen molar-refractivity contribution in [3.8, 4) is 11.5 Å². The van der Waals surface area contributed by atoms with E-state index in [2.05, 4.69) is 4.90 Å². The number of carbonyl (C=O) groups excluding carboxylic acids is 2. The van der Waals surface area contributed by atoms with Crippen LogP contribution in [-0.2, 0) is 35.6 Å². The number of ether oxygens (including phenoxy) is 4. The Bertz CT molecular complexity index is 1110. The van der Waals surface area contributed by atoms with Gasteiger partial charge in [0.15, 0.2) is 11.5 Å². The number of rotatable bonds is 17. The van der Waals surface area contributed by atoms with Crippen LogP contribution in [0.4, 0.5) is 0 Å². The first-order chi connectivity index (χ1) is 20.1. The molecule has 1 amide bonds. The van der Waals surface area contributed by atoms with Crippen LogP contribution >= 0.6 is 0 Å². The number of nitrogens with zero attached hydrogens (tertiary/aromatic N) is 2. The van der Waals surface area contributed by atoms with E-state index >= 15 is 0 Å². The maximum Gasteiger partial charge on any atom is 0.306 e. The van der Waals surface area contributed by atoms with Crippen LogP contribution in [0.3, 0.4) is 0 Å². The number of unbranched alkanes of at least 4 members (excludes halogenated alkanes) is 2. The van der Waals surface area contributed by atoms with Crippen molar-refractivity contribution in [2.45, 2.75) is 88.9 Å². The lowest BCUT2D eigenvalue weighted by atomic mass is 9.91. The summed E-state index contributed by atoms with van der Waals surface area (Å²) < 4.78 is 53.4. The second kappa shape index (κ2) is 17.0. The van der Waals surface area contributed by atoms with Gasteiger partial charge in [0.05, 0.1) is 32.7 Å². The van der Waals surface area contributed by atoms with E-state index in [0.29, 0.717) is 44.1 Å². The summed E-state index contributed by atoms with van der Waals surface area (Å²) in [6.45, 7) is 2.21. The maximum atomic E-state index is 12.5. The highest BCUT2D eigenvalue weighted by atomic mass is 32.2. The summed E-state index contributed by atoms with van der Waals surface area (Å²) in [6, 6.07) is 6.29. The predicted molar refractivity (Wildman–Crippen MR) is 158 cm³/mol. The Morgan fingerprint density at radius 1 is 1.02 bits per heavy atom. The van der Waals surface area contributed by atoms with Gasteiger partial charge in [-0.2, -0.15) is 8.42 Å². The number of hydrogen-bond donors (Lipinski definition) is 1. The summed E-state index contributed by atoms with van der Waals surface area (Å²) in [5.74, 6) is 0.572. The highest BCUT2D eigenvalue weighted by molar-refractivity contribution is 7.85. The number of amides is 1. The molecule has 3 atom stereocenters. The average Bonchev–Trinajstić information content (AvgIpc) is 3.43. The van der Waals surface area contributed by atoms with Crippen LogP contribution in [0.25, 0.3) is 0 Å². The third-order valence-electron chi connectivity index (χ3n) is 8.16. The van der Waals surface area contributed by atoms with Crippen LogP contribution in [0.15, 0.2) is 18.2 Å². The predicted octanol–water partition coefficient (Wildman–Crippen LogP) is 3.49. The van der Waals surface area contributed by atoms with Crippen LogP contribution in [0.2, 0.25) is 0 Å². The highest BCUT2D eigenvalue weighted by Crippen LogP contribution is 2.30. The Hall–Kier alpha value is -2.41. The van der Waals surface area contributed by atoms with Gasteiger partial charge in [-0.3, -0.25) is 19.0 Å². The van der Waals surface area contributed by atoms with Gasteiger partial charge in [0.25, 0.3) is 10.1 Å².